The lowest BCUT2D eigenvalue weighted by atomic mass is 10.0. The lowest BCUT2D eigenvalue weighted by Gasteiger charge is -2.15. The van der Waals surface area contributed by atoms with Crippen LogP contribution in [0, 0.1) is 0 Å². The van der Waals surface area contributed by atoms with Crippen LogP contribution in [0.15, 0.2) is 55.0 Å². The van der Waals surface area contributed by atoms with Gasteiger partial charge in [-0.3, -0.25) is 14.6 Å². The van der Waals surface area contributed by atoms with Gasteiger partial charge in [0.05, 0.1) is 22.2 Å². The number of halogens is 3. The summed E-state index contributed by atoms with van der Waals surface area (Å²) in [7, 11) is 1.67. The SMILES string of the molecule is Cn1nc(-c2cccnc2)c2c3c(cnc21)C(=O)N(c1ccc(OC(F)(F)F)cc1)C3=O. The van der Waals surface area contributed by atoms with Crippen LogP contribution in [0.4, 0.5) is 18.9 Å². The van der Waals surface area contributed by atoms with E-state index in [1.807, 2.05) is 0 Å². The fourth-order valence-electron chi connectivity index (χ4n) is 3.66. The van der Waals surface area contributed by atoms with E-state index < -0.39 is 23.9 Å². The molecule has 0 N–H and O–H groups in total. The van der Waals surface area contributed by atoms with Gasteiger partial charge in [0.15, 0.2) is 5.65 Å². The molecule has 0 atom stereocenters. The first kappa shape index (κ1) is 19.7. The quantitative estimate of drug-likeness (QED) is 0.452. The lowest BCUT2D eigenvalue weighted by molar-refractivity contribution is -0.274. The van der Waals surface area contributed by atoms with E-state index in [0.29, 0.717) is 22.3 Å². The smallest absolute Gasteiger partial charge is 0.406 e. The second kappa shape index (κ2) is 6.87. The number of fused-ring (bicyclic) bond motifs is 3. The number of alkyl halides is 3. The number of anilines is 1. The van der Waals surface area contributed by atoms with E-state index in [1.54, 1.807) is 31.6 Å². The van der Waals surface area contributed by atoms with Crippen LogP contribution in [-0.2, 0) is 7.05 Å². The molecule has 0 unspecified atom stereocenters. The summed E-state index contributed by atoms with van der Waals surface area (Å²) in [5.74, 6) is -1.72. The molecule has 160 valence electrons. The predicted molar refractivity (Wildman–Crippen MR) is 106 cm³/mol. The first-order valence-electron chi connectivity index (χ1n) is 9.25. The van der Waals surface area contributed by atoms with Gasteiger partial charge in [0, 0.05) is 31.2 Å². The molecule has 0 saturated carbocycles. The number of aryl methyl sites for hydroxylation is 1. The third-order valence-electron chi connectivity index (χ3n) is 4.97. The van der Waals surface area contributed by atoms with Crippen molar-refractivity contribution in [1.82, 2.24) is 19.7 Å². The fraction of sp³-hybridized carbons (Fsp3) is 0.0952. The number of carbonyl (C=O) groups excluding carboxylic acids is 2. The van der Waals surface area contributed by atoms with Gasteiger partial charge in [0.2, 0.25) is 0 Å². The zero-order valence-corrected chi connectivity index (χ0v) is 16.3. The summed E-state index contributed by atoms with van der Waals surface area (Å²) in [5, 5.41) is 4.85. The van der Waals surface area contributed by atoms with Crippen molar-refractivity contribution in [3.05, 3.63) is 66.1 Å². The van der Waals surface area contributed by atoms with Crippen molar-refractivity contribution < 1.29 is 27.5 Å². The molecule has 8 nitrogen and oxygen atoms in total. The Morgan fingerprint density at radius 3 is 2.41 bits per heavy atom. The van der Waals surface area contributed by atoms with Gasteiger partial charge in [-0.15, -0.1) is 13.2 Å². The van der Waals surface area contributed by atoms with Crippen LogP contribution >= 0.6 is 0 Å². The van der Waals surface area contributed by atoms with Crippen LogP contribution in [0.25, 0.3) is 22.3 Å². The Kier molecular flexibility index (Phi) is 4.22. The molecule has 3 aromatic heterocycles. The minimum absolute atomic E-state index is 0.0799. The van der Waals surface area contributed by atoms with E-state index >= 15 is 0 Å². The number of amides is 2. The summed E-state index contributed by atoms with van der Waals surface area (Å²) in [6.45, 7) is 0. The number of pyridine rings is 2. The lowest BCUT2D eigenvalue weighted by Crippen LogP contribution is -2.29. The zero-order chi connectivity index (χ0) is 22.6. The Hall–Kier alpha value is -4.28. The molecule has 1 aromatic carbocycles. The maximum Gasteiger partial charge on any atom is 0.573 e. The molecule has 1 aliphatic rings. The van der Waals surface area contributed by atoms with Gasteiger partial charge in [-0.1, -0.05) is 0 Å². The Bertz CT molecular complexity index is 1380. The van der Waals surface area contributed by atoms with Crippen molar-refractivity contribution in [2.45, 2.75) is 6.36 Å². The summed E-state index contributed by atoms with van der Waals surface area (Å²) in [5.41, 5.74) is 1.79. The molecule has 11 heteroatoms. The third-order valence-corrected chi connectivity index (χ3v) is 4.97. The normalized spacial score (nSPS) is 13.7. The molecular weight excluding hydrogens is 427 g/mol. The number of rotatable bonds is 3. The summed E-state index contributed by atoms with van der Waals surface area (Å²) in [6.07, 6.45) is -0.371. The van der Waals surface area contributed by atoms with E-state index in [1.165, 1.54) is 23.0 Å². The maximum atomic E-state index is 13.3. The predicted octanol–water partition coefficient (Wildman–Crippen LogP) is 3.73. The summed E-state index contributed by atoms with van der Waals surface area (Å²) in [4.78, 5) is 35.6. The van der Waals surface area contributed by atoms with E-state index in [9.17, 15) is 22.8 Å². The highest BCUT2D eigenvalue weighted by Crippen LogP contribution is 2.37. The van der Waals surface area contributed by atoms with Crippen LogP contribution in [0.3, 0.4) is 0 Å². The van der Waals surface area contributed by atoms with Gasteiger partial charge in [0.25, 0.3) is 11.8 Å². The van der Waals surface area contributed by atoms with Crippen molar-refractivity contribution in [3.8, 4) is 17.0 Å². The van der Waals surface area contributed by atoms with E-state index in [2.05, 4.69) is 19.8 Å². The Morgan fingerprint density at radius 1 is 1.00 bits per heavy atom. The van der Waals surface area contributed by atoms with Gasteiger partial charge in [-0.05, 0) is 36.4 Å². The largest absolute Gasteiger partial charge is 0.573 e. The molecule has 0 radical (unpaired) electrons. The number of hydrogen-bond donors (Lipinski definition) is 0. The average molecular weight is 439 g/mol. The first-order chi connectivity index (χ1) is 15.2. The molecule has 4 aromatic rings. The number of imide groups is 1. The highest BCUT2D eigenvalue weighted by atomic mass is 19.4. The van der Waals surface area contributed by atoms with Crippen LogP contribution in [0.2, 0.25) is 0 Å². The summed E-state index contributed by atoms with van der Waals surface area (Å²) < 4.78 is 42.6. The van der Waals surface area contributed by atoms with Gasteiger partial charge >= 0.3 is 6.36 Å². The molecule has 0 aliphatic carbocycles. The molecule has 0 bridgehead atoms. The second-order valence-corrected chi connectivity index (χ2v) is 6.95. The molecule has 2 amide bonds. The molecular formula is C21H12F3N5O3. The van der Waals surface area contributed by atoms with Crippen molar-refractivity contribution >= 4 is 28.5 Å². The van der Waals surface area contributed by atoms with Gasteiger partial charge in [-0.25, -0.2) is 14.6 Å². The van der Waals surface area contributed by atoms with Crippen molar-refractivity contribution in [2.24, 2.45) is 7.05 Å². The maximum absolute atomic E-state index is 13.3. The molecule has 0 spiro atoms. The Morgan fingerprint density at radius 2 is 1.75 bits per heavy atom. The minimum atomic E-state index is -4.85. The van der Waals surface area contributed by atoms with E-state index in [-0.39, 0.29) is 16.8 Å². The molecule has 5 rings (SSSR count). The monoisotopic (exact) mass is 439 g/mol. The van der Waals surface area contributed by atoms with Crippen molar-refractivity contribution in [3.63, 3.8) is 0 Å². The number of carbonyl (C=O) groups is 2. The molecule has 32 heavy (non-hydrogen) atoms. The number of benzene rings is 1. The van der Waals surface area contributed by atoms with Crippen molar-refractivity contribution in [2.75, 3.05) is 4.90 Å². The van der Waals surface area contributed by atoms with Crippen molar-refractivity contribution in [1.29, 1.82) is 0 Å². The van der Waals surface area contributed by atoms with Gasteiger partial charge < -0.3 is 4.74 Å². The van der Waals surface area contributed by atoms with Gasteiger partial charge in [0.1, 0.15) is 11.4 Å². The number of aromatic nitrogens is 4. The zero-order valence-electron chi connectivity index (χ0n) is 16.3. The third kappa shape index (κ3) is 3.06. The summed E-state index contributed by atoms with van der Waals surface area (Å²) >= 11 is 0. The Labute approximate surface area is 177 Å². The molecule has 0 fully saturated rings. The molecule has 1 aliphatic heterocycles. The van der Waals surface area contributed by atoms with E-state index in [0.717, 1.165) is 17.0 Å². The van der Waals surface area contributed by atoms with Crippen LogP contribution in [0.1, 0.15) is 20.7 Å². The average Bonchev–Trinajstić information content (AvgIpc) is 3.22. The van der Waals surface area contributed by atoms with Crippen LogP contribution < -0.4 is 9.64 Å². The Balaban J connectivity index is 1.62. The van der Waals surface area contributed by atoms with Gasteiger partial charge in [-0.2, -0.15) is 5.10 Å². The highest BCUT2D eigenvalue weighted by molar-refractivity contribution is 6.38. The minimum Gasteiger partial charge on any atom is -0.406 e. The number of ether oxygens (including phenoxy) is 1. The molecule has 0 saturated heterocycles. The van der Waals surface area contributed by atoms with E-state index in [4.69, 9.17) is 0 Å². The summed E-state index contributed by atoms with van der Waals surface area (Å²) in [6, 6.07) is 7.97. The number of nitrogens with zero attached hydrogens (tertiary/aromatic N) is 5. The standard InChI is InChI=1S/C21H12F3N5O3/c1-28-18-16(17(27-28)11-3-2-8-25-9-11)15-14(10-26-18)19(30)29(20(15)31)12-4-6-13(7-5-12)32-21(22,23)24/h2-10H,1H3. The number of hydrogen-bond acceptors (Lipinski definition) is 6. The second-order valence-electron chi connectivity index (χ2n) is 6.95. The fourth-order valence-corrected chi connectivity index (χ4v) is 3.66. The first-order valence-corrected chi connectivity index (χ1v) is 9.25. The molecule has 4 heterocycles. The highest BCUT2D eigenvalue weighted by Gasteiger charge is 2.40. The van der Waals surface area contributed by atoms with Crippen LogP contribution in [-0.4, -0.2) is 37.9 Å². The topological polar surface area (TPSA) is 90.2 Å². The van der Waals surface area contributed by atoms with Crippen LogP contribution in [0.5, 0.6) is 5.75 Å².